The summed E-state index contributed by atoms with van der Waals surface area (Å²) in [4.78, 5) is 24.8. The van der Waals surface area contributed by atoms with Crippen LogP contribution in [0.4, 0.5) is 17.1 Å². The van der Waals surface area contributed by atoms with Gasteiger partial charge in [-0.3, -0.25) is 14.5 Å². The Morgan fingerprint density at radius 1 is 1.31 bits per heavy atom. The Morgan fingerprint density at radius 2 is 2.12 bits per heavy atom. The number of hydrogen-bond acceptors (Lipinski definition) is 3. The third-order valence-electron chi connectivity index (χ3n) is 2.70. The minimum absolute atomic E-state index is 0.0872. The number of rotatable bonds is 0. The van der Waals surface area contributed by atoms with Crippen LogP contribution in [-0.2, 0) is 9.59 Å². The molecule has 0 aromatic heterocycles. The number of amides is 2. The van der Waals surface area contributed by atoms with Gasteiger partial charge in [0.05, 0.1) is 11.4 Å². The van der Waals surface area contributed by atoms with Crippen molar-refractivity contribution in [1.29, 1.82) is 0 Å². The molecule has 2 amide bonds. The summed E-state index contributed by atoms with van der Waals surface area (Å²) < 4.78 is 0. The minimum Gasteiger partial charge on any atom is -0.399 e. The van der Waals surface area contributed by atoms with Gasteiger partial charge in [-0.25, -0.2) is 0 Å². The highest BCUT2D eigenvalue weighted by atomic mass is 16.2. The second-order valence-corrected chi connectivity index (χ2v) is 3.75. The lowest BCUT2D eigenvalue weighted by Gasteiger charge is -2.27. The zero-order chi connectivity index (χ0) is 11.3. The average Bonchev–Trinajstić information content (AvgIpc) is 2.61. The Bertz CT molecular complexity index is 548. The molecule has 3 N–H and O–H groups in total. The van der Waals surface area contributed by atoms with Gasteiger partial charge in [0.2, 0.25) is 5.91 Å². The second-order valence-electron chi connectivity index (χ2n) is 3.75. The molecule has 0 saturated heterocycles. The maximum atomic E-state index is 11.7. The van der Waals surface area contributed by atoms with Crippen LogP contribution in [0.1, 0.15) is 6.42 Å². The summed E-state index contributed by atoms with van der Waals surface area (Å²) in [7, 11) is 0. The first-order chi connectivity index (χ1) is 7.66. The van der Waals surface area contributed by atoms with E-state index < -0.39 is 0 Å². The van der Waals surface area contributed by atoms with Gasteiger partial charge in [-0.15, -0.1) is 0 Å². The number of nitrogen functional groups attached to an aromatic ring is 1. The van der Waals surface area contributed by atoms with Gasteiger partial charge in [0, 0.05) is 12.1 Å². The number of fused-ring (bicyclic) bond motifs is 3. The van der Waals surface area contributed by atoms with Crippen molar-refractivity contribution in [2.24, 2.45) is 0 Å². The van der Waals surface area contributed by atoms with Crippen LogP contribution in [0.25, 0.3) is 0 Å². The lowest BCUT2D eigenvalue weighted by atomic mass is 10.1. The zero-order valence-electron chi connectivity index (χ0n) is 8.36. The number of carbonyl (C=O) groups is 2. The van der Waals surface area contributed by atoms with E-state index in [0.717, 1.165) is 0 Å². The Hall–Kier alpha value is -2.30. The van der Waals surface area contributed by atoms with E-state index in [-0.39, 0.29) is 18.2 Å². The molecule has 3 rings (SSSR count). The van der Waals surface area contributed by atoms with Crippen LogP contribution in [0.5, 0.6) is 0 Å². The maximum Gasteiger partial charge on any atom is 0.272 e. The number of hydrogen-bond donors (Lipinski definition) is 2. The Morgan fingerprint density at radius 3 is 2.94 bits per heavy atom. The Balaban J connectivity index is 2.21. The van der Waals surface area contributed by atoms with Crippen LogP contribution >= 0.6 is 0 Å². The molecule has 16 heavy (non-hydrogen) atoms. The predicted octanol–water partition coefficient (Wildman–Crippen LogP) is 0.842. The second kappa shape index (κ2) is 2.85. The van der Waals surface area contributed by atoms with E-state index in [1.807, 2.05) is 0 Å². The van der Waals surface area contributed by atoms with Gasteiger partial charge in [0.25, 0.3) is 5.91 Å². The van der Waals surface area contributed by atoms with E-state index in [4.69, 9.17) is 5.73 Å². The highest BCUT2D eigenvalue weighted by Gasteiger charge is 2.35. The van der Waals surface area contributed by atoms with Crippen molar-refractivity contribution in [1.82, 2.24) is 0 Å². The summed E-state index contributed by atoms with van der Waals surface area (Å²) in [5.41, 5.74) is 7.85. The molecule has 0 radical (unpaired) electrons. The highest BCUT2D eigenvalue weighted by molar-refractivity contribution is 6.21. The minimum atomic E-state index is -0.260. The van der Waals surface area contributed by atoms with Gasteiger partial charge in [-0.2, -0.15) is 0 Å². The summed E-state index contributed by atoms with van der Waals surface area (Å²) in [6.07, 6.45) is 1.91. The first-order valence-electron chi connectivity index (χ1n) is 4.91. The van der Waals surface area contributed by atoms with Crippen molar-refractivity contribution >= 4 is 28.9 Å². The summed E-state index contributed by atoms with van der Waals surface area (Å²) in [6.45, 7) is 0. The van der Waals surface area contributed by atoms with Crippen molar-refractivity contribution < 1.29 is 9.59 Å². The first kappa shape index (κ1) is 8.96. The third-order valence-corrected chi connectivity index (χ3v) is 2.70. The third kappa shape index (κ3) is 1.05. The zero-order valence-corrected chi connectivity index (χ0v) is 8.36. The normalized spacial score (nSPS) is 17.8. The van der Waals surface area contributed by atoms with Crippen LogP contribution < -0.4 is 16.0 Å². The van der Waals surface area contributed by atoms with E-state index in [1.54, 1.807) is 24.3 Å². The molecule has 0 atom stereocenters. The van der Waals surface area contributed by atoms with E-state index in [9.17, 15) is 9.59 Å². The molecule has 2 heterocycles. The molecule has 0 bridgehead atoms. The molecule has 2 aliphatic heterocycles. The molecular weight excluding hydrogens is 206 g/mol. The highest BCUT2D eigenvalue weighted by Crippen LogP contribution is 2.37. The number of benzene rings is 1. The number of anilines is 3. The molecule has 1 aromatic carbocycles. The Kier molecular flexibility index (Phi) is 1.60. The predicted molar refractivity (Wildman–Crippen MR) is 59.7 cm³/mol. The smallest absolute Gasteiger partial charge is 0.272 e. The fourth-order valence-electron chi connectivity index (χ4n) is 1.99. The fraction of sp³-hybridized carbons (Fsp3) is 0.0909. The van der Waals surface area contributed by atoms with Crippen molar-refractivity contribution in [3.05, 3.63) is 30.0 Å². The molecule has 5 nitrogen and oxygen atoms in total. The van der Waals surface area contributed by atoms with Gasteiger partial charge in [0.15, 0.2) is 0 Å². The average molecular weight is 215 g/mol. The van der Waals surface area contributed by atoms with Crippen molar-refractivity contribution in [2.75, 3.05) is 16.0 Å². The summed E-state index contributed by atoms with van der Waals surface area (Å²) in [6, 6.07) is 5.09. The topological polar surface area (TPSA) is 75.4 Å². The van der Waals surface area contributed by atoms with Crippen LogP contribution in [-0.4, -0.2) is 11.8 Å². The number of carbonyl (C=O) groups excluding carboxylic acids is 2. The quantitative estimate of drug-likeness (QED) is 0.630. The van der Waals surface area contributed by atoms with E-state index in [2.05, 4.69) is 5.32 Å². The SMILES string of the molecule is Nc1ccc2c(c1)NC(=O)C1=CCC(=O)N12. The van der Waals surface area contributed by atoms with Gasteiger partial charge in [-0.1, -0.05) is 0 Å². The van der Waals surface area contributed by atoms with Gasteiger partial charge >= 0.3 is 0 Å². The van der Waals surface area contributed by atoms with E-state index >= 15 is 0 Å². The number of nitrogens with two attached hydrogens (primary N) is 1. The molecule has 80 valence electrons. The molecule has 0 aliphatic carbocycles. The number of nitrogens with one attached hydrogen (secondary N) is 1. The Labute approximate surface area is 91.5 Å². The van der Waals surface area contributed by atoms with Crippen molar-refractivity contribution in [3.63, 3.8) is 0 Å². The van der Waals surface area contributed by atoms with Gasteiger partial charge < -0.3 is 11.1 Å². The molecule has 5 heteroatoms. The monoisotopic (exact) mass is 215 g/mol. The first-order valence-corrected chi connectivity index (χ1v) is 4.91. The van der Waals surface area contributed by atoms with Crippen LogP contribution in [0.3, 0.4) is 0 Å². The maximum absolute atomic E-state index is 11.7. The van der Waals surface area contributed by atoms with Gasteiger partial charge in [-0.05, 0) is 24.3 Å². The molecule has 2 aliphatic rings. The summed E-state index contributed by atoms with van der Waals surface area (Å²) in [5, 5.41) is 2.71. The molecular formula is C11H9N3O2. The molecule has 1 aromatic rings. The summed E-state index contributed by atoms with van der Waals surface area (Å²) >= 11 is 0. The standard InChI is InChI=1S/C11H9N3O2/c12-6-1-2-8-7(5-6)13-11(16)9-3-4-10(15)14(8)9/h1-3,5H,4,12H2,(H,13,16). The van der Waals surface area contributed by atoms with Crippen molar-refractivity contribution in [2.45, 2.75) is 6.42 Å². The van der Waals surface area contributed by atoms with Crippen LogP contribution in [0.2, 0.25) is 0 Å². The summed E-state index contributed by atoms with van der Waals surface area (Å²) in [5.74, 6) is -0.347. The lowest BCUT2D eigenvalue weighted by molar-refractivity contribution is -0.118. The fourth-order valence-corrected chi connectivity index (χ4v) is 1.99. The van der Waals surface area contributed by atoms with E-state index in [1.165, 1.54) is 4.90 Å². The van der Waals surface area contributed by atoms with E-state index in [0.29, 0.717) is 22.8 Å². The van der Waals surface area contributed by atoms with Crippen molar-refractivity contribution in [3.8, 4) is 0 Å². The molecule has 0 fully saturated rings. The number of nitrogens with zero attached hydrogens (tertiary/aromatic N) is 1. The van der Waals surface area contributed by atoms with Crippen LogP contribution in [0, 0.1) is 0 Å². The molecule has 0 saturated carbocycles. The lowest BCUT2D eigenvalue weighted by Crippen LogP contribution is -2.36. The molecule has 0 unspecified atom stereocenters. The van der Waals surface area contributed by atoms with Gasteiger partial charge in [0.1, 0.15) is 5.70 Å². The largest absolute Gasteiger partial charge is 0.399 e. The molecule has 0 spiro atoms. The van der Waals surface area contributed by atoms with Crippen LogP contribution in [0.15, 0.2) is 30.0 Å².